The molecule has 0 saturated carbocycles. The number of ether oxygens (including phenoxy) is 1. The van der Waals surface area contributed by atoms with Gasteiger partial charge in [-0.3, -0.25) is 14.8 Å². The van der Waals surface area contributed by atoms with Crippen LogP contribution in [0.1, 0.15) is 72.9 Å². The van der Waals surface area contributed by atoms with E-state index in [-0.39, 0.29) is 0 Å². The second-order valence-corrected chi connectivity index (χ2v) is 11.0. The minimum Gasteiger partial charge on any atom is -0.497 e. The van der Waals surface area contributed by atoms with E-state index in [0.29, 0.717) is 5.56 Å². The Morgan fingerprint density at radius 3 is 1.32 bits per heavy atom. The molecule has 0 aliphatic heterocycles. The average molecular weight is 593 g/mol. The average Bonchev–Trinajstić information content (AvgIpc) is 3.04. The molecule has 0 saturated heterocycles. The van der Waals surface area contributed by atoms with Gasteiger partial charge in [0.15, 0.2) is 0 Å². The lowest BCUT2D eigenvalue weighted by Gasteiger charge is -2.15. The van der Waals surface area contributed by atoms with Gasteiger partial charge >= 0.3 is 0 Å². The fourth-order valence-corrected chi connectivity index (χ4v) is 4.63. The lowest BCUT2D eigenvalue weighted by Crippen LogP contribution is -2.04. The second-order valence-electron chi connectivity index (χ2n) is 11.0. The first-order valence-corrected chi connectivity index (χ1v) is 14.7. The summed E-state index contributed by atoms with van der Waals surface area (Å²) in [7, 11) is 1.59. The number of hydrogen-bond donors (Lipinski definition) is 2. The number of nitrogens with zero attached hydrogens (tertiary/aromatic N) is 2. The number of nitrogen functional groups attached to an aromatic ring is 2. The van der Waals surface area contributed by atoms with Crippen molar-refractivity contribution in [3.8, 4) is 5.75 Å². The van der Waals surface area contributed by atoms with E-state index in [0.717, 1.165) is 62.6 Å². The molecule has 6 heteroatoms. The monoisotopic (exact) mass is 592 g/mol. The van der Waals surface area contributed by atoms with E-state index in [1.165, 1.54) is 27.8 Å². The van der Waals surface area contributed by atoms with Crippen molar-refractivity contribution in [1.29, 1.82) is 0 Å². The van der Waals surface area contributed by atoms with Crippen molar-refractivity contribution in [1.82, 2.24) is 0 Å². The van der Waals surface area contributed by atoms with E-state index >= 15 is 0 Å². The summed E-state index contributed by atoms with van der Waals surface area (Å²) in [5.74, 6) is 0.769. The summed E-state index contributed by atoms with van der Waals surface area (Å²) < 4.78 is 4.90. The number of carbonyl (C=O) groups excluding carboxylic acids is 1. The van der Waals surface area contributed by atoms with Crippen molar-refractivity contribution in [2.75, 3.05) is 18.6 Å². The third-order valence-electron chi connectivity index (χ3n) is 8.22. The standard InChI is InChI=1S/C20H24N2.C10H16N2.C8H8O2/c1-7-21-19-14(3)16(5)20(17(6)15(19)4)22-12-18-10-8-13(2)9-11-18;1-5-6(2)10(12)8(4)7(3)9(5)11;1-10-8-4-2-7(6-9)3-5-8/h7-12H,1-6H3;11-12H2,1-4H3;2-6H,1H3. The van der Waals surface area contributed by atoms with Gasteiger partial charge in [-0.2, -0.15) is 0 Å². The molecule has 4 rings (SSSR count). The molecule has 0 aromatic heterocycles. The van der Waals surface area contributed by atoms with Gasteiger partial charge < -0.3 is 16.2 Å². The molecule has 4 aromatic rings. The van der Waals surface area contributed by atoms with Crippen LogP contribution in [-0.4, -0.2) is 25.8 Å². The predicted molar refractivity (Wildman–Crippen MR) is 190 cm³/mol. The highest BCUT2D eigenvalue weighted by Crippen LogP contribution is 2.37. The molecule has 44 heavy (non-hydrogen) atoms. The Labute approximate surface area is 263 Å². The van der Waals surface area contributed by atoms with Crippen LogP contribution < -0.4 is 16.2 Å². The van der Waals surface area contributed by atoms with Crippen LogP contribution in [-0.2, 0) is 0 Å². The first-order valence-electron chi connectivity index (χ1n) is 14.7. The summed E-state index contributed by atoms with van der Waals surface area (Å²) in [4.78, 5) is 19.4. The van der Waals surface area contributed by atoms with Gasteiger partial charge in [-0.1, -0.05) is 29.8 Å². The molecule has 0 fully saturated rings. The zero-order valence-corrected chi connectivity index (χ0v) is 28.2. The molecule has 0 aliphatic rings. The van der Waals surface area contributed by atoms with Crippen LogP contribution >= 0.6 is 0 Å². The fourth-order valence-electron chi connectivity index (χ4n) is 4.63. The van der Waals surface area contributed by atoms with Gasteiger partial charge in [0.1, 0.15) is 12.0 Å². The van der Waals surface area contributed by atoms with Crippen LogP contribution in [0.3, 0.4) is 0 Å². The van der Waals surface area contributed by atoms with Crippen molar-refractivity contribution in [2.45, 2.75) is 69.2 Å². The lowest BCUT2D eigenvalue weighted by molar-refractivity contribution is 0.112. The molecule has 0 spiro atoms. The zero-order chi connectivity index (χ0) is 33.1. The molecule has 0 unspecified atom stereocenters. The van der Waals surface area contributed by atoms with Gasteiger partial charge in [0.05, 0.1) is 18.5 Å². The molecule has 4 N–H and O–H groups in total. The number of rotatable bonds is 5. The largest absolute Gasteiger partial charge is 0.497 e. The Bertz CT molecular complexity index is 1510. The minimum atomic E-state index is 0.667. The number of anilines is 2. The van der Waals surface area contributed by atoms with Gasteiger partial charge in [-0.05, 0) is 144 Å². The maximum atomic E-state index is 10.2. The summed E-state index contributed by atoms with van der Waals surface area (Å²) in [5, 5.41) is 0. The molecule has 0 radical (unpaired) electrons. The highest BCUT2D eigenvalue weighted by molar-refractivity contribution is 5.84. The molecular formula is C38H48N4O2. The number of methoxy groups -OCH3 is 1. The van der Waals surface area contributed by atoms with Crippen molar-refractivity contribution in [2.24, 2.45) is 9.98 Å². The second kappa shape index (κ2) is 16.2. The van der Waals surface area contributed by atoms with E-state index in [2.05, 4.69) is 63.9 Å². The van der Waals surface area contributed by atoms with Crippen LogP contribution in [0.15, 0.2) is 58.5 Å². The number of aryl methyl sites for hydroxylation is 1. The van der Waals surface area contributed by atoms with E-state index in [4.69, 9.17) is 21.2 Å². The molecular weight excluding hydrogens is 544 g/mol. The third kappa shape index (κ3) is 8.66. The van der Waals surface area contributed by atoms with Gasteiger partial charge in [0.25, 0.3) is 0 Å². The fraction of sp³-hybridized carbons (Fsp3) is 0.289. The van der Waals surface area contributed by atoms with E-state index in [1.54, 1.807) is 31.4 Å². The van der Waals surface area contributed by atoms with E-state index in [1.807, 2.05) is 47.0 Å². The quantitative estimate of drug-likeness (QED) is 0.137. The van der Waals surface area contributed by atoms with Crippen LogP contribution in [0.4, 0.5) is 22.7 Å². The van der Waals surface area contributed by atoms with Crippen LogP contribution in [0.2, 0.25) is 0 Å². The maximum Gasteiger partial charge on any atom is 0.150 e. The molecule has 4 aromatic carbocycles. The molecule has 0 aliphatic carbocycles. The Morgan fingerprint density at radius 1 is 0.568 bits per heavy atom. The van der Waals surface area contributed by atoms with Gasteiger partial charge in [0, 0.05) is 29.4 Å². The Morgan fingerprint density at radius 2 is 0.955 bits per heavy atom. The highest BCUT2D eigenvalue weighted by atomic mass is 16.5. The van der Waals surface area contributed by atoms with Crippen molar-refractivity contribution in [3.05, 3.63) is 110 Å². The summed E-state index contributed by atoms with van der Waals surface area (Å²) in [6.45, 7) is 20.6. The summed E-state index contributed by atoms with van der Waals surface area (Å²) in [5.41, 5.74) is 28.0. The smallest absolute Gasteiger partial charge is 0.150 e. The summed E-state index contributed by atoms with van der Waals surface area (Å²) in [6, 6.07) is 15.3. The number of aliphatic imine (C=N–C) groups is 2. The number of hydrogen-bond acceptors (Lipinski definition) is 6. The predicted octanol–water partition coefficient (Wildman–Crippen LogP) is 9.29. The van der Waals surface area contributed by atoms with Crippen LogP contribution in [0.5, 0.6) is 5.75 Å². The Kier molecular flexibility index (Phi) is 13.1. The molecule has 0 atom stereocenters. The molecule has 6 nitrogen and oxygen atoms in total. The van der Waals surface area contributed by atoms with E-state index in [9.17, 15) is 4.79 Å². The van der Waals surface area contributed by atoms with Crippen LogP contribution in [0, 0.1) is 62.3 Å². The number of nitrogens with two attached hydrogens (primary N) is 2. The number of carbonyl (C=O) groups is 1. The molecule has 232 valence electrons. The number of aldehydes is 1. The number of benzene rings is 4. The summed E-state index contributed by atoms with van der Waals surface area (Å²) in [6.07, 6.45) is 4.60. The maximum absolute atomic E-state index is 10.2. The van der Waals surface area contributed by atoms with Crippen molar-refractivity contribution in [3.63, 3.8) is 0 Å². The van der Waals surface area contributed by atoms with E-state index < -0.39 is 0 Å². The first-order chi connectivity index (χ1) is 20.8. The molecule has 0 heterocycles. The van der Waals surface area contributed by atoms with Gasteiger partial charge in [-0.15, -0.1) is 0 Å². The van der Waals surface area contributed by atoms with Crippen molar-refractivity contribution >= 4 is 41.5 Å². The third-order valence-corrected chi connectivity index (χ3v) is 8.22. The Balaban J connectivity index is 0.000000257. The molecule has 0 amide bonds. The minimum absolute atomic E-state index is 0.667. The lowest BCUT2D eigenvalue weighted by atomic mass is 9.96. The first kappa shape index (κ1) is 35.5. The molecule has 0 bridgehead atoms. The zero-order valence-electron chi connectivity index (χ0n) is 28.2. The summed E-state index contributed by atoms with van der Waals surface area (Å²) >= 11 is 0. The Hall–Kier alpha value is -4.71. The highest BCUT2D eigenvalue weighted by Gasteiger charge is 2.13. The SMILES string of the molecule is CC=Nc1c(C)c(C)c(N=Cc2ccc(C)cc2)c(C)c1C.COc1ccc(C=O)cc1.Cc1c(C)c(N)c(C)c(C)c1N. The topological polar surface area (TPSA) is 103 Å². The van der Waals surface area contributed by atoms with Gasteiger partial charge in [0.2, 0.25) is 0 Å². The van der Waals surface area contributed by atoms with Gasteiger partial charge in [-0.25, -0.2) is 0 Å². The normalized spacial score (nSPS) is 10.7. The van der Waals surface area contributed by atoms with Crippen molar-refractivity contribution < 1.29 is 9.53 Å². The van der Waals surface area contributed by atoms with Crippen LogP contribution in [0.25, 0.3) is 0 Å².